The summed E-state index contributed by atoms with van der Waals surface area (Å²) in [6, 6.07) is 6.66. The average molecular weight is 525 g/mol. The van der Waals surface area contributed by atoms with Crippen LogP contribution >= 0.6 is 38.5 Å². The van der Waals surface area contributed by atoms with Gasteiger partial charge in [0.1, 0.15) is 0 Å². The molecule has 0 spiro atoms. The summed E-state index contributed by atoms with van der Waals surface area (Å²) in [7, 11) is 0. The molecule has 0 bridgehead atoms. The molecular weight excluding hydrogens is 509 g/mol. The summed E-state index contributed by atoms with van der Waals surface area (Å²) in [6.07, 6.45) is -0.257. The van der Waals surface area contributed by atoms with Crippen LogP contribution in [0.3, 0.4) is 0 Å². The molecule has 134 valence electrons. The maximum atomic E-state index is 14.5. The summed E-state index contributed by atoms with van der Waals surface area (Å²) in [4.78, 5) is 17.4. The molecule has 0 radical (unpaired) electrons. The largest absolute Gasteiger partial charge is 0.352 e. The minimum absolute atomic E-state index is 0.0793. The summed E-state index contributed by atoms with van der Waals surface area (Å²) < 4.78 is 29.3. The third-order valence-corrected chi connectivity index (χ3v) is 4.49. The Bertz CT molecular complexity index is 816. The lowest BCUT2D eigenvalue weighted by molar-refractivity contribution is 0.000217. The lowest BCUT2D eigenvalue weighted by Crippen LogP contribution is -2.28. The van der Waals surface area contributed by atoms with Gasteiger partial charge in [0.15, 0.2) is 11.6 Å². The zero-order valence-corrected chi connectivity index (χ0v) is 17.5. The van der Waals surface area contributed by atoms with Crippen molar-refractivity contribution in [2.45, 2.75) is 26.9 Å². The number of amides is 1. The van der Waals surface area contributed by atoms with E-state index in [2.05, 4.69) is 49.3 Å². The number of rotatable bonds is 5. The third-order valence-electron chi connectivity index (χ3n) is 3.24. The van der Waals surface area contributed by atoms with Gasteiger partial charge in [-0.3, -0.25) is 9.63 Å². The number of hydroxylamine groups is 1. The highest BCUT2D eigenvalue weighted by molar-refractivity contribution is 14.1. The fourth-order valence-electron chi connectivity index (χ4n) is 2.02. The van der Waals surface area contributed by atoms with Gasteiger partial charge in [-0.1, -0.05) is 0 Å². The van der Waals surface area contributed by atoms with Gasteiger partial charge in [-0.15, -0.1) is 0 Å². The number of anilines is 2. The van der Waals surface area contributed by atoms with Crippen LogP contribution in [0.4, 0.5) is 20.2 Å². The molecule has 2 aromatic rings. The summed E-state index contributed by atoms with van der Waals surface area (Å²) >= 11 is 5.08. The topological polar surface area (TPSA) is 50.4 Å². The van der Waals surface area contributed by atoms with E-state index in [9.17, 15) is 13.6 Å². The van der Waals surface area contributed by atoms with Crippen molar-refractivity contribution >= 4 is 55.8 Å². The fourth-order valence-corrected chi connectivity index (χ4v) is 3.07. The van der Waals surface area contributed by atoms with Crippen LogP contribution in [0.25, 0.3) is 0 Å². The van der Waals surface area contributed by atoms with Crippen molar-refractivity contribution in [2.24, 2.45) is 0 Å². The van der Waals surface area contributed by atoms with Crippen LogP contribution in [-0.2, 0) is 4.84 Å². The van der Waals surface area contributed by atoms with Crippen LogP contribution in [0, 0.1) is 22.1 Å². The molecule has 25 heavy (non-hydrogen) atoms. The van der Waals surface area contributed by atoms with Gasteiger partial charge >= 0.3 is 0 Å². The molecule has 0 heterocycles. The molecule has 0 aromatic heterocycles. The molecule has 0 aliphatic heterocycles. The zero-order valence-electron chi connectivity index (χ0n) is 13.7. The van der Waals surface area contributed by atoms with E-state index >= 15 is 0 Å². The Morgan fingerprint density at radius 1 is 1.24 bits per heavy atom. The van der Waals surface area contributed by atoms with Crippen LogP contribution in [0.1, 0.15) is 29.8 Å². The summed E-state index contributed by atoms with van der Waals surface area (Å²) in [6.45, 7) is 5.30. The van der Waals surface area contributed by atoms with Gasteiger partial charge < -0.3 is 5.32 Å². The van der Waals surface area contributed by atoms with Gasteiger partial charge in [-0.2, -0.15) is 0 Å². The smallest absolute Gasteiger partial charge is 0.277 e. The molecule has 0 atom stereocenters. The maximum Gasteiger partial charge on any atom is 0.277 e. The number of carbonyl (C=O) groups is 1. The zero-order chi connectivity index (χ0) is 18.7. The maximum absolute atomic E-state index is 14.5. The Morgan fingerprint density at radius 2 is 1.92 bits per heavy atom. The van der Waals surface area contributed by atoms with Gasteiger partial charge in [0, 0.05) is 9.26 Å². The van der Waals surface area contributed by atoms with Crippen LogP contribution in [0.5, 0.6) is 0 Å². The Kier molecular flexibility index (Phi) is 6.75. The Hall–Kier alpha value is -1.26. The molecule has 0 fully saturated rings. The minimum atomic E-state index is -1.15. The molecule has 2 rings (SSSR count). The Balaban J connectivity index is 2.47. The van der Waals surface area contributed by atoms with E-state index in [1.165, 1.54) is 6.07 Å². The van der Waals surface area contributed by atoms with Crippen molar-refractivity contribution in [3.05, 3.63) is 55.1 Å². The predicted molar refractivity (Wildman–Crippen MR) is 105 cm³/mol. The van der Waals surface area contributed by atoms with E-state index in [1.54, 1.807) is 19.9 Å². The van der Waals surface area contributed by atoms with Crippen molar-refractivity contribution in [3.8, 4) is 0 Å². The van der Waals surface area contributed by atoms with E-state index in [1.807, 2.05) is 19.1 Å². The molecule has 1 amide bonds. The molecule has 2 N–H and O–H groups in total. The average Bonchev–Trinajstić information content (AvgIpc) is 2.54. The van der Waals surface area contributed by atoms with Gasteiger partial charge in [0.05, 0.1) is 21.8 Å². The highest BCUT2D eigenvalue weighted by Crippen LogP contribution is 2.32. The number of aryl methyl sites for hydroxylation is 1. The molecule has 0 unspecified atom stereocenters. The van der Waals surface area contributed by atoms with Gasteiger partial charge in [-0.05, 0) is 89.1 Å². The van der Waals surface area contributed by atoms with Crippen LogP contribution in [-0.4, -0.2) is 12.0 Å². The number of halogens is 4. The first-order valence-corrected chi connectivity index (χ1v) is 9.24. The number of hydrogen-bond donors (Lipinski definition) is 2. The number of benzene rings is 2. The van der Waals surface area contributed by atoms with E-state index < -0.39 is 17.5 Å². The molecular formula is C17H16BrF2IN2O2. The molecule has 0 aliphatic rings. The van der Waals surface area contributed by atoms with Crippen LogP contribution < -0.4 is 10.8 Å². The molecule has 0 aliphatic carbocycles. The lowest BCUT2D eigenvalue weighted by Gasteiger charge is -2.16. The number of carbonyl (C=O) groups excluding carboxylic acids is 1. The first kappa shape index (κ1) is 20.1. The standard InChI is InChI=1S/C17H16BrF2IN2O2/c1-8(2)25-23-17(24)11-7-12(18)14(19)15(20)16(11)22-13-5-4-10(21)6-9(13)3/h4-8,22H,1-3H3,(H,23,24). The van der Waals surface area contributed by atoms with E-state index in [-0.39, 0.29) is 21.8 Å². The summed E-state index contributed by atoms with van der Waals surface area (Å²) in [5.41, 5.74) is 3.30. The third kappa shape index (κ3) is 4.89. The van der Waals surface area contributed by atoms with Crippen molar-refractivity contribution in [1.82, 2.24) is 5.48 Å². The van der Waals surface area contributed by atoms with Crippen molar-refractivity contribution in [1.29, 1.82) is 0 Å². The Labute approximate surface area is 166 Å². The second-order valence-corrected chi connectivity index (χ2v) is 7.69. The predicted octanol–water partition coefficient (Wildman–Crippen LogP) is 5.45. The van der Waals surface area contributed by atoms with Crippen molar-refractivity contribution in [2.75, 3.05) is 5.32 Å². The van der Waals surface area contributed by atoms with Crippen molar-refractivity contribution < 1.29 is 18.4 Å². The van der Waals surface area contributed by atoms with E-state index in [0.29, 0.717) is 5.69 Å². The van der Waals surface area contributed by atoms with Gasteiger partial charge in [0.2, 0.25) is 0 Å². The fraction of sp³-hybridized carbons (Fsp3) is 0.235. The Morgan fingerprint density at radius 3 is 2.52 bits per heavy atom. The number of hydrogen-bond acceptors (Lipinski definition) is 3. The summed E-state index contributed by atoms with van der Waals surface area (Å²) in [5, 5.41) is 2.82. The molecule has 0 saturated carbocycles. The van der Waals surface area contributed by atoms with Crippen molar-refractivity contribution in [3.63, 3.8) is 0 Å². The van der Waals surface area contributed by atoms with Crippen LogP contribution in [0.15, 0.2) is 28.7 Å². The number of nitrogens with one attached hydrogen (secondary N) is 2. The summed E-state index contributed by atoms with van der Waals surface area (Å²) in [5.74, 6) is -2.91. The highest BCUT2D eigenvalue weighted by atomic mass is 127. The lowest BCUT2D eigenvalue weighted by atomic mass is 10.1. The van der Waals surface area contributed by atoms with Gasteiger partial charge in [0.25, 0.3) is 5.91 Å². The second kappa shape index (κ2) is 8.41. The molecule has 4 nitrogen and oxygen atoms in total. The van der Waals surface area contributed by atoms with Crippen LogP contribution in [0.2, 0.25) is 0 Å². The molecule has 0 saturated heterocycles. The first-order valence-electron chi connectivity index (χ1n) is 7.37. The quantitative estimate of drug-likeness (QED) is 0.310. The molecule has 2 aromatic carbocycles. The SMILES string of the molecule is Cc1cc(I)ccc1Nc1c(C(=O)NOC(C)C)cc(Br)c(F)c1F. The van der Waals surface area contributed by atoms with E-state index in [0.717, 1.165) is 9.13 Å². The first-order chi connectivity index (χ1) is 11.7. The highest BCUT2D eigenvalue weighted by Gasteiger charge is 2.22. The second-order valence-electron chi connectivity index (χ2n) is 5.59. The van der Waals surface area contributed by atoms with Gasteiger partial charge in [-0.25, -0.2) is 14.3 Å². The minimum Gasteiger partial charge on any atom is -0.352 e. The monoisotopic (exact) mass is 524 g/mol. The molecule has 8 heteroatoms. The normalized spacial score (nSPS) is 10.9. The van der Waals surface area contributed by atoms with E-state index in [4.69, 9.17) is 4.84 Å².